The first-order valence-corrected chi connectivity index (χ1v) is 11.7. The Kier molecular flexibility index (Phi) is 6.93. The molecule has 0 spiro atoms. The molecular weight excluding hydrogens is 376 g/mol. The molecule has 1 saturated carbocycles. The van der Waals surface area contributed by atoms with Crippen molar-refractivity contribution in [2.24, 2.45) is 5.92 Å². The van der Waals surface area contributed by atoms with Crippen LogP contribution in [0.2, 0.25) is 0 Å². The van der Waals surface area contributed by atoms with Crippen molar-refractivity contribution in [3.05, 3.63) is 29.8 Å². The summed E-state index contributed by atoms with van der Waals surface area (Å²) in [7, 11) is 2.16. The molecule has 3 fully saturated rings. The van der Waals surface area contributed by atoms with Gasteiger partial charge in [-0.15, -0.1) is 0 Å². The van der Waals surface area contributed by atoms with Crippen LogP contribution in [0.25, 0.3) is 0 Å². The second-order valence-electron chi connectivity index (χ2n) is 9.16. The third-order valence-electron chi connectivity index (χ3n) is 7.08. The Morgan fingerprint density at radius 2 is 1.67 bits per heavy atom. The zero-order valence-electron chi connectivity index (χ0n) is 18.3. The van der Waals surface area contributed by atoms with Crippen LogP contribution in [0.3, 0.4) is 0 Å². The fourth-order valence-electron chi connectivity index (χ4n) is 5.20. The van der Waals surface area contributed by atoms with Crippen molar-refractivity contribution >= 4 is 17.5 Å². The summed E-state index contributed by atoms with van der Waals surface area (Å²) in [5.74, 6) is 0.347. The van der Waals surface area contributed by atoms with Crippen molar-refractivity contribution in [1.29, 1.82) is 0 Å². The molecule has 30 heavy (non-hydrogen) atoms. The van der Waals surface area contributed by atoms with Crippen molar-refractivity contribution < 1.29 is 9.59 Å². The molecule has 1 N–H and O–H groups in total. The Morgan fingerprint density at radius 1 is 0.933 bits per heavy atom. The molecule has 1 atom stereocenters. The predicted molar refractivity (Wildman–Crippen MR) is 119 cm³/mol. The molecule has 1 aromatic rings. The summed E-state index contributed by atoms with van der Waals surface area (Å²) >= 11 is 0. The molecule has 2 amide bonds. The lowest BCUT2D eigenvalue weighted by Gasteiger charge is -2.35. The number of benzene rings is 1. The standard InChI is InChI=1S/C24H36N4O2/c1-26-14-16-27(17-15-26)21-11-6-5-10-20(21)18-25-23(29)22-12-7-13-28(22)24(30)19-8-3-2-4-9-19/h5-6,10-11,19,22H,2-4,7-9,12-18H2,1H3,(H,25,29). The lowest BCUT2D eigenvalue weighted by Crippen LogP contribution is -2.48. The zero-order valence-corrected chi connectivity index (χ0v) is 18.3. The van der Waals surface area contributed by atoms with Crippen molar-refractivity contribution in [2.45, 2.75) is 57.5 Å². The molecule has 6 nitrogen and oxygen atoms in total. The average molecular weight is 413 g/mol. The van der Waals surface area contributed by atoms with Gasteiger partial charge in [0, 0.05) is 50.9 Å². The van der Waals surface area contributed by atoms with Gasteiger partial charge < -0.3 is 20.0 Å². The number of nitrogens with zero attached hydrogens (tertiary/aromatic N) is 3. The van der Waals surface area contributed by atoms with E-state index in [1.165, 1.54) is 12.1 Å². The Bertz CT molecular complexity index is 738. The lowest BCUT2D eigenvalue weighted by molar-refractivity contribution is -0.142. The number of carbonyl (C=O) groups is 2. The van der Waals surface area contributed by atoms with Gasteiger partial charge in [0.15, 0.2) is 0 Å². The number of likely N-dealkylation sites (tertiary alicyclic amines) is 1. The quantitative estimate of drug-likeness (QED) is 0.808. The van der Waals surface area contributed by atoms with Crippen LogP contribution in [0, 0.1) is 5.92 Å². The number of para-hydroxylation sites is 1. The number of rotatable bonds is 5. The molecule has 3 aliphatic rings. The van der Waals surface area contributed by atoms with Gasteiger partial charge in [-0.3, -0.25) is 9.59 Å². The number of hydrogen-bond acceptors (Lipinski definition) is 4. The monoisotopic (exact) mass is 412 g/mol. The highest BCUT2D eigenvalue weighted by Crippen LogP contribution is 2.29. The van der Waals surface area contributed by atoms with Crippen LogP contribution in [0.1, 0.15) is 50.5 Å². The van der Waals surface area contributed by atoms with Gasteiger partial charge in [-0.25, -0.2) is 0 Å². The van der Waals surface area contributed by atoms with Crippen LogP contribution in [0.5, 0.6) is 0 Å². The topological polar surface area (TPSA) is 55.9 Å². The summed E-state index contributed by atoms with van der Waals surface area (Å²) in [6, 6.07) is 8.07. The van der Waals surface area contributed by atoms with Gasteiger partial charge in [0.05, 0.1) is 0 Å². The van der Waals surface area contributed by atoms with Gasteiger partial charge in [0.25, 0.3) is 0 Å². The van der Waals surface area contributed by atoms with Gasteiger partial charge in [-0.1, -0.05) is 37.5 Å². The largest absolute Gasteiger partial charge is 0.369 e. The number of nitrogens with one attached hydrogen (secondary N) is 1. The molecule has 6 heteroatoms. The van der Waals surface area contributed by atoms with E-state index in [0.717, 1.165) is 76.8 Å². The maximum absolute atomic E-state index is 13.0. The van der Waals surface area contributed by atoms with Crippen LogP contribution >= 0.6 is 0 Å². The maximum Gasteiger partial charge on any atom is 0.243 e. The third kappa shape index (κ3) is 4.80. The van der Waals surface area contributed by atoms with Crippen LogP contribution in [-0.2, 0) is 16.1 Å². The zero-order chi connectivity index (χ0) is 20.9. The van der Waals surface area contributed by atoms with Gasteiger partial charge in [0.2, 0.25) is 11.8 Å². The van der Waals surface area contributed by atoms with Crippen molar-refractivity contribution in [3.63, 3.8) is 0 Å². The molecule has 0 bridgehead atoms. The van der Waals surface area contributed by atoms with Crippen LogP contribution in [0.4, 0.5) is 5.69 Å². The number of hydrogen-bond donors (Lipinski definition) is 1. The molecule has 0 aromatic heterocycles. The van der Waals surface area contributed by atoms with Gasteiger partial charge >= 0.3 is 0 Å². The van der Waals surface area contributed by atoms with E-state index in [1.807, 2.05) is 11.0 Å². The van der Waals surface area contributed by atoms with E-state index < -0.39 is 0 Å². The summed E-state index contributed by atoms with van der Waals surface area (Å²) in [4.78, 5) is 32.7. The first-order valence-electron chi connectivity index (χ1n) is 11.7. The van der Waals surface area contributed by atoms with Crippen molar-refractivity contribution in [2.75, 3.05) is 44.7 Å². The number of piperazine rings is 1. The normalized spacial score (nSPS) is 23.6. The van der Waals surface area contributed by atoms with E-state index in [9.17, 15) is 9.59 Å². The lowest BCUT2D eigenvalue weighted by atomic mass is 9.88. The second-order valence-corrected chi connectivity index (χ2v) is 9.16. The number of anilines is 1. The molecule has 2 heterocycles. The Labute approximate surface area is 180 Å². The van der Waals surface area contributed by atoms with Crippen LogP contribution in [0.15, 0.2) is 24.3 Å². The third-order valence-corrected chi connectivity index (χ3v) is 7.08. The molecular formula is C24H36N4O2. The highest BCUT2D eigenvalue weighted by molar-refractivity contribution is 5.89. The number of likely N-dealkylation sites (N-methyl/N-ethyl adjacent to an activating group) is 1. The Morgan fingerprint density at radius 3 is 2.43 bits per heavy atom. The second kappa shape index (κ2) is 9.82. The van der Waals surface area contributed by atoms with E-state index in [4.69, 9.17) is 0 Å². The smallest absolute Gasteiger partial charge is 0.243 e. The summed E-state index contributed by atoms with van der Waals surface area (Å²) in [6.45, 7) is 5.37. The minimum absolute atomic E-state index is 0.00448. The highest BCUT2D eigenvalue weighted by Gasteiger charge is 2.37. The number of amides is 2. The van der Waals surface area contributed by atoms with Gasteiger partial charge in [-0.2, -0.15) is 0 Å². The molecule has 164 valence electrons. The summed E-state index contributed by atoms with van der Waals surface area (Å²) in [5, 5.41) is 3.15. The Hall–Kier alpha value is -2.08. The molecule has 2 saturated heterocycles. The van der Waals surface area contributed by atoms with Gasteiger partial charge in [0.1, 0.15) is 6.04 Å². The first-order chi connectivity index (χ1) is 14.6. The highest BCUT2D eigenvalue weighted by atomic mass is 16.2. The fraction of sp³-hybridized carbons (Fsp3) is 0.667. The van der Waals surface area contributed by atoms with E-state index in [-0.39, 0.29) is 23.8 Å². The Balaban J connectivity index is 1.37. The average Bonchev–Trinajstić information content (AvgIpc) is 3.28. The number of carbonyl (C=O) groups excluding carboxylic acids is 2. The van der Waals surface area contributed by atoms with Crippen LogP contribution < -0.4 is 10.2 Å². The molecule has 1 unspecified atom stereocenters. The molecule has 2 aliphatic heterocycles. The summed E-state index contributed by atoms with van der Waals surface area (Å²) < 4.78 is 0. The SMILES string of the molecule is CN1CCN(c2ccccc2CNC(=O)C2CCCN2C(=O)C2CCCCC2)CC1. The van der Waals surface area contributed by atoms with E-state index in [1.54, 1.807) is 0 Å². The van der Waals surface area contributed by atoms with E-state index in [0.29, 0.717) is 6.54 Å². The first kappa shape index (κ1) is 21.2. The minimum atomic E-state index is -0.296. The fourth-order valence-corrected chi connectivity index (χ4v) is 5.20. The molecule has 1 aliphatic carbocycles. The predicted octanol–water partition coefficient (Wildman–Crippen LogP) is 2.63. The van der Waals surface area contributed by atoms with Gasteiger partial charge in [-0.05, 0) is 44.4 Å². The van der Waals surface area contributed by atoms with E-state index in [2.05, 4.69) is 40.4 Å². The molecule has 0 radical (unpaired) electrons. The van der Waals surface area contributed by atoms with Crippen molar-refractivity contribution in [3.8, 4) is 0 Å². The summed E-state index contributed by atoms with van der Waals surface area (Å²) in [6.07, 6.45) is 7.21. The maximum atomic E-state index is 13.0. The van der Waals surface area contributed by atoms with Crippen LogP contribution in [-0.4, -0.2) is 67.4 Å². The van der Waals surface area contributed by atoms with Crippen molar-refractivity contribution in [1.82, 2.24) is 15.1 Å². The minimum Gasteiger partial charge on any atom is -0.369 e. The summed E-state index contributed by atoms with van der Waals surface area (Å²) in [5.41, 5.74) is 2.37. The molecule has 4 rings (SSSR count). The molecule has 1 aromatic carbocycles. The van der Waals surface area contributed by atoms with E-state index >= 15 is 0 Å².